The van der Waals surface area contributed by atoms with Crippen molar-refractivity contribution in [2.75, 3.05) is 13.2 Å². The van der Waals surface area contributed by atoms with Gasteiger partial charge < -0.3 is 14.8 Å². The molecule has 1 aromatic carbocycles. The normalized spacial score (nSPS) is 38.0. The predicted molar refractivity (Wildman–Crippen MR) is 135 cm³/mol. The summed E-state index contributed by atoms with van der Waals surface area (Å²) in [6.45, 7) is 12.8. The number of allylic oxidation sites excluding steroid dienone is 1. The zero-order chi connectivity index (χ0) is 23.9. The molecule has 2 saturated carbocycles. The van der Waals surface area contributed by atoms with Crippen molar-refractivity contribution in [3.8, 4) is 0 Å². The fourth-order valence-corrected chi connectivity index (χ4v) is 7.66. The standard InChI is InChI=1S/C30H43NO3/c1-20-9-8-13-30(4)18-27-23(16-25(20)30)24(28(32)34-27)19-31-26(15-21-10-6-5-7-11-21)22-12-14-33-29(2,3)17-22/h5-7,10-11,22-27,31H,1,8-9,12-19H2,2-4H3/t22-,23-,24-,25-,26-,27-,30-/m1/s1. The van der Waals surface area contributed by atoms with E-state index < -0.39 is 0 Å². The summed E-state index contributed by atoms with van der Waals surface area (Å²) in [6, 6.07) is 11.1. The Bertz CT molecular complexity index is 896. The molecule has 2 aliphatic carbocycles. The van der Waals surface area contributed by atoms with Crippen molar-refractivity contribution in [3.63, 3.8) is 0 Å². The van der Waals surface area contributed by atoms with Gasteiger partial charge in [-0.15, -0.1) is 0 Å². The molecule has 5 rings (SSSR count). The number of fused-ring (bicyclic) bond motifs is 2. The number of carbonyl (C=O) groups is 1. The molecule has 0 unspecified atom stereocenters. The van der Waals surface area contributed by atoms with Crippen LogP contribution >= 0.6 is 0 Å². The van der Waals surface area contributed by atoms with Crippen LogP contribution in [0.4, 0.5) is 0 Å². The lowest BCUT2D eigenvalue weighted by Crippen LogP contribution is -2.49. The number of hydrogen-bond donors (Lipinski definition) is 1. The third-order valence-electron chi connectivity index (χ3n) is 9.52. The van der Waals surface area contributed by atoms with Gasteiger partial charge in [0.05, 0.1) is 11.5 Å². The maximum absolute atomic E-state index is 13.1. The molecule has 4 heteroatoms. The molecule has 0 aromatic heterocycles. The fraction of sp³-hybridized carbons (Fsp3) is 0.700. The monoisotopic (exact) mass is 465 g/mol. The Labute approximate surface area is 205 Å². The second-order valence-electron chi connectivity index (χ2n) is 12.5. The highest BCUT2D eigenvalue weighted by molar-refractivity contribution is 5.75. The predicted octanol–water partition coefficient (Wildman–Crippen LogP) is 5.71. The van der Waals surface area contributed by atoms with Crippen LogP contribution in [0.2, 0.25) is 0 Å². The Balaban J connectivity index is 1.30. The van der Waals surface area contributed by atoms with Crippen LogP contribution in [0.5, 0.6) is 0 Å². The van der Waals surface area contributed by atoms with Crippen LogP contribution in [0.15, 0.2) is 42.5 Å². The van der Waals surface area contributed by atoms with Gasteiger partial charge in [-0.1, -0.05) is 49.4 Å². The molecule has 4 nitrogen and oxygen atoms in total. The lowest BCUT2D eigenvalue weighted by atomic mass is 9.55. The summed E-state index contributed by atoms with van der Waals surface area (Å²) in [6.07, 6.45) is 8.85. The summed E-state index contributed by atoms with van der Waals surface area (Å²) in [4.78, 5) is 13.1. The van der Waals surface area contributed by atoms with E-state index in [1.54, 1.807) is 0 Å². The first-order valence-electron chi connectivity index (χ1n) is 13.5. The Morgan fingerprint density at radius 2 is 1.97 bits per heavy atom. The van der Waals surface area contributed by atoms with Gasteiger partial charge in [-0.05, 0) is 88.0 Å². The Kier molecular flexibility index (Phi) is 6.67. The molecule has 2 heterocycles. The molecule has 1 N–H and O–H groups in total. The van der Waals surface area contributed by atoms with E-state index in [-0.39, 0.29) is 29.0 Å². The zero-order valence-electron chi connectivity index (χ0n) is 21.4. The first-order valence-corrected chi connectivity index (χ1v) is 13.5. The molecule has 0 radical (unpaired) electrons. The van der Waals surface area contributed by atoms with Crippen LogP contribution in [0.3, 0.4) is 0 Å². The summed E-state index contributed by atoms with van der Waals surface area (Å²) >= 11 is 0. The molecule has 0 spiro atoms. The molecular weight excluding hydrogens is 422 g/mol. The topological polar surface area (TPSA) is 47.6 Å². The van der Waals surface area contributed by atoms with Gasteiger partial charge in [0.2, 0.25) is 0 Å². The molecule has 4 fully saturated rings. The smallest absolute Gasteiger partial charge is 0.310 e. The number of benzene rings is 1. The summed E-state index contributed by atoms with van der Waals surface area (Å²) < 4.78 is 12.0. The summed E-state index contributed by atoms with van der Waals surface area (Å²) in [5.41, 5.74) is 2.92. The number of rotatable bonds is 6. The van der Waals surface area contributed by atoms with E-state index >= 15 is 0 Å². The maximum atomic E-state index is 13.1. The summed E-state index contributed by atoms with van der Waals surface area (Å²) in [5.74, 6) is 1.36. The van der Waals surface area contributed by atoms with Crippen molar-refractivity contribution >= 4 is 5.97 Å². The second-order valence-corrected chi connectivity index (χ2v) is 12.5. The summed E-state index contributed by atoms with van der Waals surface area (Å²) in [7, 11) is 0. The van der Waals surface area contributed by atoms with E-state index in [0.717, 1.165) is 45.1 Å². The first kappa shape index (κ1) is 24.1. The third kappa shape index (κ3) is 4.86. The number of carbonyl (C=O) groups excluding carboxylic acids is 1. The molecule has 186 valence electrons. The Morgan fingerprint density at radius 1 is 1.18 bits per heavy atom. The van der Waals surface area contributed by atoms with Crippen LogP contribution in [0.1, 0.15) is 71.3 Å². The fourth-order valence-electron chi connectivity index (χ4n) is 7.66. The zero-order valence-corrected chi connectivity index (χ0v) is 21.4. The van der Waals surface area contributed by atoms with Gasteiger partial charge >= 0.3 is 5.97 Å². The quantitative estimate of drug-likeness (QED) is 0.432. The Hall–Kier alpha value is -1.65. The van der Waals surface area contributed by atoms with E-state index in [4.69, 9.17) is 9.47 Å². The minimum atomic E-state index is -0.0912. The molecule has 0 bridgehead atoms. The molecule has 7 atom stereocenters. The van der Waals surface area contributed by atoms with Crippen molar-refractivity contribution in [2.45, 2.75) is 89.9 Å². The molecular formula is C30H43NO3. The van der Waals surface area contributed by atoms with Crippen LogP contribution < -0.4 is 5.32 Å². The van der Waals surface area contributed by atoms with Crippen molar-refractivity contribution in [1.82, 2.24) is 5.32 Å². The summed E-state index contributed by atoms with van der Waals surface area (Å²) in [5, 5.41) is 3.90. The van der Waals surface area contributed by atoms with Gasteiger partial charge in [0.1, 0.15) is 6.10 Å². The van der Waals surface area contributed by atoms with Gasteiger partial charge in [0.25, 0.3) is 0 Å². The van der Waals surface area contributed by atoms with Gasteiger partial charge in [0.15, 0.2) is 0 Å². The van der Waals surface area contributed by atoms with Crippen molar-refractivity contribution in [2.24, 2.45) is 29.1 Å². The van der Waals surface area contributed by atoms with E-state index in [9.17, 15) is 4.79 Å². The molecule has 2 aliphatic heterocycles. The van der Waals surface area contributed by atoms with Gasteiger partial charge in [-0.3, -0.25) is 4.79 Å². The highest BCUT2D eigenvalue weighted by atomic mass is 16.6. The number of nitrogens with one attached hydrogen (secondary N) is 1. The van der Waals surface area contributed by atoms with Crippen molar-refractivity contribution in [1.29, 1.82) is 0 Å². The average molecular weight is 466 g/mol. The average Bonchev–Trinajstić information content (AvgIpc) is 3.08. The minimum Gasteiger partial charge on any atom is -0.462 e. The van der Waals surface area contributed by atoms with Crippen LogP contribution in [-0.4, -0.2) is 36.9 Å². The minimum absolute atomic E-state index is 0.0149. The molecule has 2 saturated heterocycles. The largest absolute Gasteiger partial charge is 0.462 e. The highest BCUT2D eigenvalue weighted by Crippen LogP contribution is 2.56. The molecule has 34 heavy (non-hydrogen) atoms. The number of ether oxygens (including phenoxy) is 2. The Morgan fingerprint density at radius 3 is 2.74 bits per heavy atom. The van der Waals surface area contributed by atoms with E-state index in [0.29, 0.717) is 30.3 Å². The first-order chi connectivity index (χ1) is 16.2. The van der Waals surface area contributed by atoms with Crippen LogP contribution in [0, 0.1) is 29.1 Å². The number of hydrogen-bond acceptors (Lipinski definition) is 4. The van der Waals surface area contributed by atoms with Gasteiger partial charge in [0, 0.05) is 25.1 Å². The maximum Gasteiger partial charge on any atom is 0.310 e. The second kappa shape index (κ2) is 9.43. The van der Waals surface area contributed by atoms with Gasteiger partial charge in [-0.25, -0.2) is 0 Å². The van der Waals surface area contributed by atoms with Crippen molar-refractivity contribution < 1.29 is 14.3 Å². The lowest BCUT2D eigenvalue weighted by Gasteiger charge is -2.50. The molecule has 4 aliphatic rings. The SMILES string of the molecule is C=C1CCC[C@]2(C)C[C@H]3OC(=O)[C@H](CN[C@H](Cc4ccccc4)[C@@H]4CCOC(C)(C)C4)[C@H]3C[C@H]12. The van der Waals surface area contributed by atoms with E-state index in [1.807, 2.05) is 0 Å². The lowest BCUT2D eigenvalue weighted by molar-refractivity contribution is -0.146. The third-order valence-corrected chi connectivity index (χ3v) is 9.52. The van der Waals surface area contributed by atoms with E-state index in [2.05, 4.69) is 63.0 Å². The van der Waals surface area contributed by atoms with Crippen molar-refractivity contribution in [3.05, 3.63) is 48.0 Å². The number of esters is 1. The molecule has 1 aromatic rings. The van der Waals surface area contributed by atoms with Crippen LogP contribution in [-0.2, 0) is 20.7 Å². The van der Waals surface area contributed by atoms with Gasteiger partial charge in [-0.2, -0.15) is 0 Å². The van der Waals surface area contributed by atoms with E-state index in [1.165, 1.54) is 24.0 Å². The highest BCUT2D eigenvalue weighted by Gasteiger charge is 2.55. The van der Waals surface area contributed by atoms with Crippen LogP contribution in [0.25, 0.3) is 0 Å². The molecule has 0 amide bonds.